The van der Waals surface area contributed by atoms with Crippen molar-refractivity contribution in [2.24, 2.45) is 5.92 Å². The number of nitrogens with zero attached hydrogens (tertiary/aromatic N) is 3. The molecule has 2 N–H and O–H groups in total. The highest BCUT2D eigenvalue weighted by Gasteiger charge is 2.27. The Morgan fingerprint density at radius 1 is 0.973 bits per heavy atom. The zero-order chi connectivity index (χ0) is 25.6. The lowest BCUT2D eigenvalue weighted by atomic mass is 9.85. The van der Waals surface area contributed by atoms with Gasteiger partial charge in [0.25, 0.3) is 5.91 Å². The van der Waals surface area contributed by atoms with E-state index in [4.69, 9.17) is 4.74 Å². The number of carbonyl (C=O) groups is 2. The first-order valence-electron chi connectivity index (χ1n) is 12.9. The van der Waals surface area contributed by atoms with Gasteiger partial charge in [0.05, 0.1) is 18.4 Å². The molecule has 0 atom stereocenters. The molecule has 192 valence electrons. The largest absolute Gasteiger partial charge is 0.495 e. The number of aromatic nitrogens is 1. The number of rotatable bonds is 8. The fourth-order valence-corrected chi connectivity index (χ4v) is 4.85. The van der Waals surface area contributed by atoms with Crippen LogP contribution in [-0.4, -0.2) is 50.1 Å². The maximum atomic E-state index is 13.4. The van der Waals surface area contributed by atoms with Gasteiger partial charge in [-0.25, -0.2) is 0 Å². The van der Waals surface area contributed by atoms with E-state index < -0.39 is 0 Å². The number of pyridine rings is 1. The van der Waals surface area contributed by atoms with Crippen LogP contribution in [0.25, 0.3) is 0 Å². The van der Waals surface area contributed by atoms with Crippen molar-refractivity contribution in [3.05, 3.63) is 78.1 Å². The van der Waals surface area contributed by atoms with Crippen LogP contribution in [0, 0.1) is 5.92 Å². The SMILES string of the molecule is COc1ccccc1N1CCN(c2ccc(NC(=O)C3CCC3)cc2C(=O)NCc2cccnc2)CC1. The Bertz CT molecular complexity index is 1240. The number of para-hydroxylation sites is 2. The third kappa shape index (κ3) is 5.69. The molecule has 0 bridgehead atoms. The molecule has 2 aromatic carbocycles. The first kappa shape index (κ1) is 24.6. The summed E-state index contributed by atoms with van der Waals surface area (Å²) in [7, 11) is 1.69. The van der Waals surface area contributed by atoms with E-state index in [0.717, 1.165) is 68.1 Å². The van der Waals surface area contributed by atoms with E-state index in [1.807, 2.05) is 42.5 Å². The minimum atomic E-state index is -0.175. The second-order valence-electron chi connectivity index (χ2n) is 9.54. The molecule has 1 saturated heterocycles. The van der Waals surface area contributed by atoms with Crippen molar-refractivity contribution in [2.75, 3.05) is 48.4 Å². The zero-order valence-corrected chi connectivity index (χ0v) is 21.2. The Morgan fingerprint density at radius 2 is 1.73 bits per heavy atom. The first-order valence-corrected chi connectivity index (χ1v) is 12.9. The maximum absolute atomic E-state index is 13.4. The monoisotopic (exact) mass is 499 g/mol. The number of benzene rings is 2. The third-order valence-electron chi connectivity index (χ3n) is 7.21. The van der Waals surface area contributed by atoms with E-state index in [2.05, 4.69) is 31.5 Å². The number of methoxy groups -OCH3 is 1. The van der Waals surface area contributed by atoms with E-state index >= 15 is 0 Å². The summed E-state index contributed by atoms with van der Waals surface area (Å²) in [4.78, 5) is 34.6. The number of anilines is 3. The van der Waals surface area contributed by atoms with E-state index in [1.54, 1.807) is 25.6 Å². The third-order valence-corrected chi connectivity index (χ3v) is 7.21. The zero-order valence-electron chi connectivity index (χ0n) is 21.2. The summed E-state index contributed by atoms with van der Waals surface area (Å²) in [5.41, 5.74) is 4.08. The molecule has 37 heavy (non-hydrogen) atoms. The van der Waals surface area contributed by atoms with Gasteiger partial charge in [0, 0.05) is 62.4 Å². The number of ether oxygens (including phenoxy) is 1. The second-order valence-corrected chi connectivity index (χ2v) is 9.54. The number of hydrogen-bond acceptors (Lipinski definition) is 6. The van der Waals surface area contributed by atoms with E-state index in [9.17, 15) is 9.59 Å². The van der Waals surface area contributed by atoms with Gasteiger partial charge in [-0.05, 0) is 54.8 Å². The number of amides is 2. The van der Waals surface area contributed by atoms with Gasteiger partial charge in [0.15, 0.2) is 0 Å². The van der Waals surface area contributed by atoms with Crippen LogP contribution in [0.15, 0.2) is 67.0 Å². The van der Waals surface area contributed by atoms with Crippen molar-refractivity contribution in [2.45, 2.75) is 25.8 Å². The van der Waals surface area contributed by atoms with Crippen LogP contribution in [0.1, 0.15) is 35.2 Å². The van der Waals surface area contributed by atoms with Crippen molar-refractivity contribution in [3.63, 3.8) is 0 Å². The molecule has 1 aliphatic heterocycles. The Balaban J connectivity index is 1.34. The molecule has 1 aliphatic carbocycles. The van der Waals surface area contributed by atoms with Gasteiger partial charge < -0.3 is 25.2 Å². The maximum Gasteiger partial charge on any atom is 0.253 e. The smallest absolute Gasteiger partial charge is 0.253 e. The fourth-order valence-electron chi connectivity index (χ4n) is 4.85. The molecule has 2 aliphatic rings. The molecular formula is C29H33N5O3. The highest BCUT2D eigenvalue weighted by atomic mass is 16.5. The lowest BCUT2D eigenvalue weighted by Crippen LogP contribution is -2.47. The van der Waals surface area contributed by atoms with Crippen molar-refractivity contribution in [3.8, 4) is 5.75 Å². The Labute approximate surface area is 217 Å². The quantitative estimate of drug-likeness (QED) is 0.486. The van der Waals surface area contributed by atoms with E-state index in [0.29, 0.717) is 17.8 Å². The first-order chi connectivity index (χ1) is 18.1. The molecule has 5 rings (SSSR count). The lowest BCUT2D eigenvalue weighted by molar-refractivity contribution is -0.122. The molecule has 0 unspecified atom stereocenters. The van der Waals surface area contributed by atoms with Crippen molar-refractivity contribution < 1.29 is 14.3 Å². The van der Waals surface area contributed by atoms with Crippen molar-refractivity contribution in [1.29, 1.82) is 0 Å². The minimum absolute atomic E-state index is 0.0335. The average molecular weight is 500 g/mol. The van der Waals surface area contributed by atoms with Crippen LogP contribution in [0.3, 0.4) is 0 Å². The summed E-state index contributed by atoms with van der Waals surface area (Å²) in [6.45, 7) is 3.50. The fraction of sp³-hybridized carbons (Fsp3) is 0.345. The molecule has 8 heteroatoms. The topological polar surface area (TPSA) is 86.8 Å². The molecule has 0 radical (unpaired) electrons. The Morgan fingerprint density at radius 3 is 2.41 bits per heavy atom. The molecule has 8 nitrogen and oxygen atoms in total. The van der Waals surface area contributed by atoms with Gasteiger partial charge in [-0.3, -0.25) is 14.6 Å². The summed E-state index contributed by atoms with van der Waals surface area (Å²) in [6, 6.07) is 17.5. The molecule has 2 amide bonds. The number of hydrogen-bond donors (Lipinski definition) is 2. The highest BCUT2D eigenvalue weighted by Crippen LogP contribution is 2.32. The molecular weight excluding hydrogens is 466 g/mol. The highest BCUT2D eigenvalue weighted by molar-refractivity contribution is 6.02. The summed E-state index contributed by atoms with van der Waals surface area (Å²) < 4.78 is 5.55. The minimum Gasteiger partial charge on any atom is -0.495 e. The van der Waals surface area contributed by atoms with E-state index in [1.165, 1.54) is 0 Å². The summed E-state index contributed by atoms with van der Waals surface area (Å²) in [6.07, 6.45) is 6.41. The number of carbonyl (C=O) groups excluding carboxylic acids is 2. The van der Waals surface area contributed by atoms with Gasteiger partial charge in [-0.15, -0.1) is 0 Å². The van der Waals surface area contributed by atoms with Crippen LogP contribution in [0.4, 0.5) is 17.1 Å². The molecule has 1 aromatic heterocycles. The molecule has 2 fully saturated rings. The van der Waals surface area contributed by atoms with Crippen LogP contribution in [-0.2, 0) is 11.3 Å². The summed E-state index contributed by atoms with van der Waals surface area (Å²) >= 11 is 0. The van der Waals surface area contributed by atoms with Crippen LogP contribution < -0.4 is 25.2 Å². The standard InChI is InChI=1S/C29H33N5O3/c1-37-27-10-3-2-9-26(27)34-16-14-33(15-17-34)25-12-11-23(32-28(35)22-7-4-8-22)18-24(25)29(36)31-20-21-6-5-13-30-19-21/h2-3,5-6,9-13,18-19,22H,4,7-8,14-17,20H2,1H3,(H,31,36)(H,32,35). The molecule has 0 spiro atoms. The predicted octanol–water partition coefficient (Wildman–Crippen LogP) is 4.09. The average Bonchev–Trinajstić information content (AvgIpc) is 2.91. The summed E-state index contributed by atoms with van der Waals surface area (Å²) in [5.74, 6) is 0.792. The van der Waals surface area contributed by atoms with Gasteiger partial charge >= 0.3 is 0 Å². The molecule has 2 heterocycles. The number of piperazine rings is 1. The number of nitrogens with one attached hydrogen (secondary N) is 2. The lowest BCUT2D eigenvalue weighted by Gasteiger charge is -2.38. The van der Waals surface area contributed by atoms with Gasteiger partial charge in [-0.1, -0.05) is 24.6 Å². The van der Waals surface area contributed by atoms with Crippen LogP contribution >= 0.6 is 0 Å². The summed E-state index contributed by atoms with van der Waals surface area (Å²) in [5, 5.41) is 6.04. The molecule has 3 aromatic rings. The Kier molecular flexibility index (Phi) is 7.54. The van der Waals surface area contributed by atoms with Crippen LogP contribution in [0.5, 0.6) is 5.75 Å². The van der Waals surface area contributed by atoms with Crippen LogP contribution in [0.2, 0.25) is 0 Å². The van der Waals surface area contributed by atoms with E-state index in [-0.39, 0.29) is 17.7 Å². The van der Waals surface area contributed by atoms with Crippen molar-refractivity contribution >= 4 is 28.9 Å². The normalized spacial score (nSPS) is 15.6. The predicted molar refractivity (Wildman–Crippen MR) is 145 cm³/mol. The van der Waals surface area contributed by atoms with Gasteiger partial charge in [0.1, 0.15) is 5.75 Å². The van der Waals surface area contributed by atoms with Gasteiger partial charge in [-0.2, -0.15) is 0 Å². The van der Waals surface area contributed by atoms with Crippen molar-refractivity contribution in [1.82, 2.24) is 10.3 Å². The van der Waals surface area contributed by atoms with Gasteiger partial charge in [0.2, 0.25) is 5.91 Å². The molecule has 1 saturated carbocycles. The second kappa shape index (κ2) is 11.3. The Hall–Kier alpha value is -4.07.